The summed E-state index contributed by atoms with van der Waals surface area (Å²) in [6.07, 6.45) is -4.39. The lowest BCUT2D eigenvalue weighted by molar-refractivity contribution is -0.137. The van der Waals surface area contributed by atoms with Gasteiger partial charge in [-0.25, -0.2) is 0 Å². The number of halogens is 4. The van der Waals surface area contributed by atoms with Gasteiger partial charge < -0.3 is 14.8 Å². The molecule has 0 spiro atoms. The third-order valence-corrected chi connectivity index (χ3v) is 4.06. The van der Waals surface area contributed by atoms with Crippen LogP contribution in [-0.2, 0) is 6.18 Å². The van der Waals surface area contributed by atoms with E-state index in [2.05, 4.69) is 5.32 Å². The van der Waals surface area contributed by atoms with Crippen LogP contribution in [-0.4, -0.2) is 12.7 Å². The third-order valence-electron chi connectivity index (χ3n) is 3.78. The summed E-state index contributed by atoms with van der Waals surface area (Å²) in [7, 11) is 0. The van der Waals surface area contributed by atoms with Crippen LogP contribution in [0, 0.1) is 0 Å². The molecule has 0 unspecified atom stereocenters. The second kappa shape index (κ2) is 6.48. The lowest BCUT2D eigenvalue weighted by Crippen LogP contribution is -2.26. The molecule has 132 valence electrons. The molecular weight excluding hydrogens is 359 g/mol. The zero-order valence-electron chi connectivity index (χ0n) is 13.0. The van der Waals surface area contributed by atoms with Gasteiger partial charge in [0.25, 0.3) is 5.91 Å². The van der Waals surface area contributed by atoms with Crippen LogP contribution in [0.3, 0.4) is 0 Å². The van der Waals surface area contributed by atoms with E-state index in [0.29, 0.717) is 17.1 Å². The number of carbonyl (C=O) groups is 1. The van der Waals surface area contributed by atoms with Crippen molar-refractivity contribution in [3.8, 4) is 11.5 Å². The van der Waals surface area contributed by atoms with Crippen molar-refractivity contribution in [2.24, 2.45) is 0 Å². The fourth-order valence-electron chi connectivity index (χ4n) is 2.42. The lowest BCUT2D eigenvalue weighted by Gasteiger charge is -2.16. The summed E-state index contributed by atoms with van der Waals surface area (Å²) in [5, 5.41) is 2.97. The van der Waals surface area contributed by atoms with E-state index in [1.165, 1.54) is 24.3 Å². The molecule has 0 radical (unpaired) electrons. The van der Waals surface area contributed by atoms with Crippen molar-refractivity contribution < 1.29 is 27.4 Å². The number of alkyl halides is 3. The third kappa shape index (κ3) is 3.66. The minimum atomic E-state index is -4.39. The van der Waals surface area contributed by atoms with Crippen molar-refractivity contribution in [1.29, 1.82) is 0 Å². The topological polar surface area (TPSA) is 47.6 Å². The van der Waals surface area contributed by atoms with Gasteiger partial charge in [0.1, 0.15) is 0 Å². The molecule has 0 fully saturated rings. The average molecular weight is 372 g/mol. The van der Waals surface area contributed by atoms with Gasteiger partial charge in [-0.1, -0.05) is 23.7 Å². The molecule has 4 nitrogen and oxygen atoms in total. The van der Waals surface area contributed by atoms with E-state index in [0.717, 1.165) is 12.1 Å². The summed E-state index contributed by atoms with van der Waals surface area (Å²) in [6, 6.07) is 7.09. The molecule has 8 heteroatoms. The maximum atomic E-state index is 12.6. The first kappa shape index (κ1) is 17.4. The molecule has 3 rings (SSSR count). The molecule has 0 aromatic heterocycles. The number of hydrogen-bond donors (Lipinski definition) is 1. The summed E-state index contributed by atoms with van der Waals surface area (Å²) in [5.41, 5.74) is 0.0820. The monoisotopic (exact) mass is 371 g/mol. The van der Waals surface area contributed by atoms with Gasteiger partial charge >= 0.3 is 6.18 Å². The molecule has 2 aromatic rings. The Morgan fingerprint density at radius 3 is 2.52 bits per heavy atom. The number of benzene rings is 2. The van der Waals surface area contributed by atoms with Gasteiger partial charge in [-0.15, -0.1) is 0 Å². The van der Waals surface area contributed by atoms with Crippen molar-refractivity contribution in [2.45, 2.75) is 19.1 Å². The Bertz CT molecular complexity index is 806. The molecule has 2 aromatic carbocycles. The van der Waals surface area contributed by atoms with Crippen LogP contribution in [0.15, 0.2) is 36.4 Å². The first-order valence-corrected chi connectivity index (χ1v) is 7.70. The molecule has 0 saturated heterocycles. The molecule has 1 heterocycles. The largest absolute Gasteiger partial charge is 0.454 e. The van der Waals surface area contributed by atoms with Gasteiger partial charge in [0.2, 0.25) is 6.79 Å². The van der Waals surface area contributed by atoms with Crippen molar-refractivity contribution in [2.75, 3.05) is 6.79 Å². The zero-order chi connectivity index (χ0) is 18.2. The summed E-state index contributed by atoms with van der Waals surface area (Å²) >= 11 is 6.04. The van der Waals surface area contributed by atoms with Crippen LogP contribution in [0.2, 0.25) is 5.02 Å². The van der Waals surface area contributed by atoms with Crippen LogP contribution in [0.4, 0.5) is 13.2 Å². The molecular formula is C17H13ClF3NO3. The Morgan fingerprint density at radius 2 is 1.88 bits per heavy atom. The van der Waals surface area contributed by atoms with Gasteiger partial charge in [0.05, 0.1) is 16.6 Å². The van der Waals surface area contributed by atoms with Crippen LogP contribution in [0.25, 0.3) is 0 Å². The van der Waals surface area contributed by atoms with Gasteiger partial charge in [0.15, 0.2) is 11.5 Å². The van der Waals surface area contributed by atoms with Crippen LogP contribution >= 0.6 is 11.6 Å². The number of hydrogen-bond acceptors (Lipinski definition) is 3. The molecule has 25 heavy (non-hydrogen) atoms. The highest BCUT2D eigenvalue weighted by Gasteiger charge is 2.30. The van der Waals surface area contributed by atoms with Crippen molar-refractivity contribution >= 4 is 17.5 Å². The molecule has 0 aliphatic carbocycles. The van der Waals surface area contributed by atoms with Gasteiger partial charge in [-0.2, -0.15) is 13.2 Å². The van der Waals surface area contributed by atoms with Crippen molar-refractivity contribution in [1.82, 2.24) is 5.32 Å². The average Bonchev–Trinajstić information content (AvgIpc) is 3.03. The Morgan fingerprint density at radius 1 is 1.20 bits per heavy atom. The SMILES string of the molecule is C[C@@H](NC(=O)c1cc(Cl)c2c(c1)OCO2)c1ccc(C(F)(F)F)cc1. The molecule has 1 aliphatic heterocycles. The molecule has 1 atom stereocenters. The first-order chi connectivity index (χ1) is 11.8. The molecule has 0 bridgehead atoms. The van der Waals surface area contributed by atoms with Crippen molar-refractivity contribution in [3.63, 3.8) is 0 Å². The standard InChI is InChI=1S/C17H13ClF3NO3/c1-9(10-2-4-12(5-3-10)17(19,20)21)22-16(23)11-6-13(18)15-14(7-11)24-8-25-15/h2-7,9H,8H2,1H3,(H,22,23)/t9-/m1/s1. The second-order valence-electron chi connectivity index (χ2n) is 5.51. The fraction of sp³-hybridized carbons (Fsp3) is 0.235. The van der Waals surface area contributed by atoms with E-state index in [4.69, 9.17) is 21.1 Å². The summed E-state index contributed by atoms with van der Waals surface area (Å²) in [5.74, 6) is 0.335. The number of nitrogens with one attached hydrogen (secondary N) is 1. The maximum Gasteiger partial charge on any atom is 0.416 e. The number of ether oxygens (including phenoxy) is 2. The smallest absolute Gasteiger partial charge is 0.416 e. The summed E-state index contributed by atoms with van der Waals surface area (Å²) in [4.78, 5) is 12.4. The Labute approximate surface area is 146 Å². The van der Waals surface area contributed by atoms with Gasteiger partial charge in [-0.05, 0) is 36.8 Å². The molecule has 1 N–H and O–H groups in total. The first-order valence-electron chi connectivity index (χ1n) is 7.33. The number of carbonyl (C=O) groups excluding carboxylic acids is 1. The van der Waals surface area contributed by atoms with E-state index < -0.39 is 23.7 Å². The van der Waals surface area contributed by atoms with Gasteiger partial charge in [-0.3, -0.25) is 4.79 Å². The Kier molecular flexibility index (Phi) is 4.51. The second-order valence-corrected chi connectivity index (χ2v) is 5.91. The van der Waals surface area contributed by atoms with E-state index >= 15 is 0 Å². The van der Waals surface area contributed by atoms with E-state index in [1.54, 1.807) is 6.92 Å². The highest BCUT2D eigenvalue weighted by molar-refractivity contribution is 6.32. The number of amides is 1. The quantitative estimate of drug-likeness (QED) is 0.859. The summed E-state index contributed by atoms with van der Waals surface area (Å²) < 4.78 is 48.2. The van der Waals surface area contributed by atoms with Crippen LogP contribution in [0.5, 0.6) is 11.5 Å². The fourth-order valence-corrected chi connectivity index (χ4v) is 2.69. The Balaban J connectivity index is 1.74. The molecule has 0 saturated carbocycles. The van der Waals surface area contributed by atoms with E-state index in [1.807, 2.05) is 0 Å². The molecule has 1 aliphatic rings. The predicted molar refractivity (Wildman–Crippen MR) is 84.9 cm³/mol. The predicted octanol–water partition coefficient (Wildman–Crippen LogP) is 4.58. The normalized spacial score (nSPS) is 14.3. The zero-order valence-corrected chi connectivity index (χ0v) is 13.7. The maximum absolute atomic E-state index is 12.6. The van der Waals surface area contributed by atoms with E-state index in [9.17, 15) is 18.0 Å². The number of rotatable bonds is 3. The Hall–Kier alpha value is -2.41. The minimum Gasteiger partial charge on any atom is -0.454 e. The lowest BCUT2D eigenvalue weighted by atomic mass is 10.1. The summed E-state index contributed by atoms with van der Waals surface area (Å²) in [6.45, 7) is 1.71. The minimum absolute atomic E-state index is 0.0298. The van der Waals surface area contributed by atoms with Gasteiger partial charge in [0, 0.05) is 5.56 Å². The van der Waals surface area contributed by atoms with Crippen LogP contribution < -0.4 is 14.8 Å². The number of fused-ring (bicyclic) bond motifs is 1. The molecule has 1 amide bonds. The highest BCUT2D eigenvalue weighted by atomic mass is 35.5. The van der Waals surface area contributed by atoms with E-state index in [-0.39, 0.29) is 17.4 Å². The van der Waals surface area contributed by atoms with Crippen molar-refractivity contribution in [3.05, 3.63) is 58.1 Å². The highest BCUT2D eigenvalue weighted by Crippen LogP contribution is 2.39. The van der Waals surface area contributed by atoms with Crippen LogP contribution in [0.1, 0.15) is 34.5 Å².